The van der Waals surface area contributed by atoms with Crippen molar-refractivity contribution in [3.8, 4) is 0 Å². The highest BCUT2D eigenvalue weighted by Crippen LogP contribution is 2.30. The first-order chi connectivity index (χ1) is 10.1. The molecular weight excluding hydrogens is 282 g/mol. The van der Waals surface area contributed by atoms with E-state index >= 15 is 0 Å². The minimum absolute atomic E-state index is 0.345. The van der Waals surface area contributed by atoms with Gasteiger partial charge in [-0.25, -0.2) is 0 Å². The van der Waals surface area contributed by atoms with Gasteiger partial charge in [0, 0.05) is 31.7 Å². The molecule has 0 bridgehead atoms. The topological polar surface area (TPSA) is 18.5 Å². The van der Waals surface area contributed by atoms with Crippen LogP contribution in [-0.2, 0) is 0 Å². The minimum atomic E-state index is 0.345. The number of anilines is 1. The highest BCUT2D eigenvalue weighted by molar-refractivity contribution is 6.33. The summed E-state index contributed by atoms with van der Waals surface area (Å²) in [5.74, 6) is 0. The molecule has 0 saturated carbocycles. The van der Waals surface area contributed by atoms with Crippen LogP contribution in [0, 0.1) is 0 Å². The van der Waals surface area contributed by atoms with E-state index in [9.17, 15) is 0 Å². The molecule has 2 unspecified atom stereocenters. The van der Waals surface area contributed by atoms with Crippen molar-refractivity contribution in [2.24, 2.45) is 0 Å². The molecule has 0 aliphatic carbocycles. The van der Waals surface area contributed by atoms with Crippen molar-refractivity contribution in [3.63, 3.8) is 0 Å². The van der Waals surface area contributed by atoms with E-state index in [-0.39, 0.29) is 0 Å². The van der Waals surface area contributed by atoms with Gasteiger partial charge in [0.25, 0.3) is 0 Å². The van der Waals surface area contributed by atoms with E-state index in [1.807, 2.05) is 0 Å². The molecule has 4 heteroatoms. The van der Waals surface area contributed by atoms with Gasteiger partial charge in [-0.1, -0.05) is 31.5 Å². The van der Waals surface area contributed by atoms with Crippen molar-refractivity contribution in [1.82, 2.24) is 10.2 Å². The Balaban J connectivity index is 2.11. The maximum Gasteiger partial charge on any atom is 0.0642 e. The fraction of sp³-hybridized carbons (Fsp3) is 0.647. The average Bonchev–Trinajstić information content (AvgIpc) is 2.47. The Morgan fingerprint density at radius 1 is 1.33 bits per heavy atom. The number of piperazine rings is 1. The number of nitrogens with zero attached hydrogens (tertiary/aromatic N) is 2. The lowest BCUT2D eigenvalue weighted by Gasteiger charge is -2.40. The SMILES string of the molecule is CCNC(C)c1ccc(N2CCN(CC)C(C)C2)c(Cl)c1. The van der Waals surface area contributed by atoms with E-state index in [4.69, 9.17) is 11.6 Å². The molecule has 1 aromatic rings. The normalized spacial score (nSPS) is 21.6. The molecule has 2 atom stereocenters. The largest absolute Gasteiger partial charge is 0.367 e. The Labute approximate surface area is 134 Å². The van der Waals surface area contributed by atoms with E-state index in [1.54, 1.807) is 0 Å². The first kappa shape index (κ1) is 16.6. The number of hydrogen-bond donors (Lipinski definition) is 1. The van der Waals surface area contributed by atoms with Gasteiger partial charge in [0.15, 0.2) is 0 Å². The first-order valence-electron chi connectivity index (χ1n) is 8.08. The summed E-state index contributed by atoms with van der Waals surface area (Å²) < 4.78 is 0. The summed E-state index contributed by atoms with van der Waals surface area (Å²) >= 11 is 6.54. The molecule has 21 heavy (non-hydrogen) atoms. The Morgan fingerprint density at radius 3 is 2.67 bits per heavy atom. The number of halogens is 1. The smallest absolute Gasteiger partial charge is 0.0642 e. The van der Waals surface area contributed by atoms with E-state index in [1.165, 1.54) is 11.3 Å². The summed E-state index contributed by atoms with van der Waals surface area (Å²) in [5.41, 5.74) is 2.43. The molecular formula is C17H28ClN3. The van der Waals surface area contributed by atoms with Crippen molar-refractivity contribution >= 4 is 17.3 Å². The third kappa shape index (κ3) is 3.91. The van der Waals surface area contributed by atoms with Gasteiger partial charge in [-0.15, -0.1) is 0 Å². The molecule has 0 aromatic heterocycles. The zero-order valence-corrected chi connectivity index (χ0v) is 14.5. The number of nitrogens with one attached hydrogen (secondary N) is 1. The molecule has 1 aliphatic rings. The van der Waals surface area contributed by atoms with Crippen LogP contribution in [0.25, 0.3) is 0 Å². The Kier molecular flexibility index (Phi) is 5.91. The highest BCUT2D eigenvalue weighted by Gasteiger charge is 2.23. The molecule has 0 radical (unpaired) electrons. The summed E-state index contributed by atoms with van der Waals surface area (Å²) in [7, 11) is 0. The van der Waals surface area contributed by atoms with Crippen LogP contribution in [-0.4, -0.2) is 43.7 Å². The molecule has 1 heterocycles. The van der Waals surface area contributed by atoms with Crippen LogP contribution >= 0.6 is 11.6 Å². The molecule has 0 spiro atoms. The lowest BCUT2D eigenvalue weighted by Crippen LogP contribution is -2.51. The van der Waals surface area contributed by atoms with Crippen LogP contribution in [0.3, 0.4) is 0 Å². The Bertz CT molecular complexity index is 463. The number of benzene rings is 1. The van der Waals surface area contributed by atoms with Crippen LogP contribution in [0.4, 0.5) is 5.69 Å². The van der Waals surface area contributed by atoms with Crippen molar-refractivity contribution in [3.05, 3.63) is 28.8 Å². The first-order valence-corrected chi connectivity index (χ1v) is 8.46. The van der Waals surface area contributed by atoms with E-state index in [2.05, 4.69) is 61.0 Å². The van der Waals surface area contributed by atoms with Gasteiger partial charge in [0.1, 0.15) is 0 Å². The van der Waals surface area contributed by atoms with Gasteiger partial charge in [-0.3, -0.25) is 4.90 Å². The van der Waals surface area contributed by atoms with Crippen LogP contribution < -0.4 is 10.2 Å². The van der Waals surface area contributed by atoms with Crippen LogP contribution in [0.15, 0.2) is 18.2 Å². The molecule has 1 aliphatic heterocycles. The standard InChI is InChI=1S/C17H28ClN3/c1-5-19-14(4)15-7-8-17(16(18)11-15)21-10-9-20(6-2)13(3)12-21/h7-8,11,13-14,19H,5-6,9-10,12H2,1-4H3. The van der Waals surface area contributed by atoms with E-state index in [0.29, 0.717) is 12.1 Å². The molecule has 1 saturated heterocycles. The maximum atomic E-state index is 6.54. The van der Waals surface area contributed by atoms with Gasteiger partial charge in [0.05, 0.1) is 10.7 Å². The second-order valence-electron chi connectivity index (χ2n) is 5.91. The van der Waals surface area contributed by atoms with Crippen molar-refractivity contribution in [2.75, 3.05) is 37.6 Å². The van der Waals surface area contributed by atoms with Crippen molar-refractivity contribution < 1.29 is 0 Å². The fourth-order valence-electron chi connectivity index (χ4n) is 3.16. The molecule has 118 valence electrons. The highest BCUT2D eigenvalue weighted by atomic mass is 35.5. The fourth-order valence-corrected chi connectivity index (χ4v) is 3.47. The number of hydrogen-bond acceptors (Lipinski definition) is 3. The molecule has 1 aromatic carbocycles. The van der Waals surface area contributed by atoms with Gasteiger partial charge in [-0.2, -0.15) is 0 Å². The predicted molar refractivity (Wildman–Crippen MR) is 92.5 cm³/mol. The molecule has 2 rings (SSSR count). The van der Waals surface area contributed by atoms with Gasteiger partial charge >= 0.3 is 0 Å². The zero-order valence-electron chi connectivity index (χ0n) is 13.7. The number of rotatable bonds is 5. The monoisotopic (exact) mass is 309 g/mol. The Morgan fingerprint density at radius 2 is 2.10 bits per heavy atom. The predicted octanol–water partition coefficient (Wildman–Crippen LogP) is 3.54. The molecule has 0 amide bonds. The second kappa shape index (κ2) is 7.48. The van der Waals surface area contributed by atoms with E-state index in [0.717, 1.165) is 37.7 Å². The summed E-state index contributed by atoms with van der Waals surface area (Å²) in [5, 5.41) is 4.30. The quantitative estimate of drug-likeness (QED) is 0.897. The van der Waals surface area contributed by atoms with Gasteiger partial charge in [0.2, 0.25) is 0 Å². The molecule has 1 fully saturated rings. The van der Waals surface area contributed by atoms with Gasteiger partial charge in [-0.05, 0) is 44.6 Å². The summed E-state index contributed by atoms with van der Waals surface area (Å²) in [4.78, 5) is 4.94. The third-order valence-corrected chi connectivity index (χ3v) is 4.80. The number of likely N-dealkylation sites (N-methyl/N-ethyl adjacent to an activating group) is 1. The summed E-state index contributed by atoms with van der Waals surface area (Å²) in [6, 6.07) is 7.42. The second-order valence-corrected chi connectivity index (χ2v) is 6.32. The van der Waals surface area contributed by atoms with Crippen LogP contribution in [0.1, 0.15) is 39.3 Å². The minimum Gasteiger partial charge on any atom is -0.367 e. The van der Waals surface area contributed by atoms with Crippen molar-refractivity contribution in [1.29, 1.82) is 0 Å². The molecule has 3 nitrogen and oxygen atoms in total. The summed E-state index contributed by atoms with van der Waals surface area (Å²) in [6.45, 7) is 14.2. The van der Waals surface area contributed by atoms with Crippen molar-refractivity contribution in [2.45, 2.75) is 39.8 Å². The van der Waals surface area contributed by atoms with Gasteiger partial charge < -0.3 is 10.2 Å². The van der Waals surface area contributed by atoms with Crippen LogP contribution in [0.2, 0.25) is 5.02 Å². The lowest BCUT2D eigenvalue weighted by atomic mass is 10.1. The van der Waals surface area contributed by atoms with E-state index < -0.39 is 0 Å². The summed E-state index contributed by atoms with van der Waals surface area (Å²) in [6.07, 6.45) is 0. The molecule has 1 N–H and O–H groups in total. The zero-order chi connectivity index (χ0) is 15.4. The maximum absolute atomic E-state index is 6.54. The Hall–Kier alpha value is -0.770. The lowest BCUT2D eigenvalue weighted by molar-refractivity contribution is 0.199. The third-order valence-electron chi connectivity index (χ3n) is 4.49. The average molecular weight is 310 g/mol. The van der Waals surface area contributed by atoms with Crippen LogP contribution in [0.5, 0.6) is 0 Å².